The van der Waals surface area contributed by atoms with E-state index in [0.717, 1.165) is 5.56 Å². The molecule has 0 radical (unpaired) electrons. The minimum absolute atomic E-state index is 0.269. The normalized spacial score (nSPS) is 10.9. The van der Waals surface area contributed by atoms with Crippen molar-refractivity contribution in [2.24, 2.45) is 0 Å². The maximum Gasteiger partial charge on any atom is 0.573 e. The van der Waals surface area contributed by atoms with Crippen LogP contribution in [0.15, 0.2) is 42.6 Å². The van der Waals surface area contributed by atoms with Gasteiger partial charge in [-0.3, -0.25) is 4.98 Å². The first-order valence-corrected chi connectivity index (χ1v) is 5.66. The number of nitriles is 1. The van der Waals surface area contributed by atoms with Crippen molar-refractivity contribution in [3.8, 4) is 23.1 Å². The molecule has 0 fully saturated rings. The number of rotatable bonds is 3. The summed E-state index contributed by atoms with van der Waals surface area (Å²) in [4.78, 5) is 4.16. The van der Waals surface area contributed by atoms with Crippen LogP contribution in [0.1, 0.15) is 5.56 Å². The molecule has 20 heavy (non-hydrogen) atoms. The minimum atomic E-state index is -4.70. The van der Waals surface area contributed by atoms with E-state index < -0.39 is 6.36 Å². The van der Waals surface area contributed by atoms with Gasteiger partial charge < -0.3 is 4.74 Å². The molecule has 0 saturated carbocycles. The first-order chi connectivity index (χ1) is 9.48. The van der Waals surface area contributed by atoms with Gasteiger partial charge in [-0.15, -0.1) is 13.2 Å². The lowest BCUT2D eigenvalue weighted by atomic mass is 10.1. The van der Waals surface area contributed by atoms with Crippen LogP contribution >= 0.6 is 0 Å². The van der Waals surface area contributed by atoms with E-state index >= 15 is 0 Å². The van der Waals surface area contributed by atoms with Crippen molar-refractivity contribution in [2.75, 3.05) is 0 Å². The third-order valence-corrected chi connectivity index (χ3v) is 2.49. The Balaban J connectivity index is 2.15. The number of ether oxygens (including phenoxy) is 1. The molecule has 1 heterocycles. The Bertz CT molecular complexity index is 613. The maximum atomic E-state index is 12.0. The molecule has 3 nitrogen and oxygen atoms in total. The fourth-order valence-corrected chi connectivity index (χ4v) is 1.62. The summed E-state index contributed by atoms with van der Waals surface area (Å²) in [5.74, 6) is -0.276. The van der Waals surface area contributed by atoms with Crippen LogP contribution in [0.4, 0.5) is 13.2 Å². The minimum Gasteiger partial charge on any atom is -0.406 e. The van der Waals surface area contributed by atoms with Crippen molar-refractivity contribution in [1.82, 2.24) is 4.98 Å². The summed E-state index contributed by atoms with van der Waals surface area (Å²) in [7, 11) is 0. The Hall–Kier alpha value is -2.55. The summed E-state index contributed by atoms with van der Waals surface area (Å²) in [5.41, 5.74) is 2.07. The molecular formula is C14H9F3N2O. The highest BCUT2D eigenvalue weighted by atomic mass is 19.4. The van der Waals surface area contributed by atoms with E-state index in [9.17, 15) is 13.2 Å². The molecule has 1 aromatic carbocycles. The average molecular weight is 278 g/mol. The molecule has 0 unspecified atom stereocenters. The van der Waals surface area contributed by atoms with E-state index in [2.05, 4.69) is 9.72 Å². The molecule has 2 aromatic rings. The Kier molecular flexibility index (Phi) is 3.89. The lowest BCUT2D eigenvalue weighted by Crippen LogP contribution is -2.16. The summed E-state index contributed by atoms with van der Waals surface area (Å²) >= 11 is 0. The fourth-order valence-electron chi connectivity index (χ4n) is 1.62. The molecule has 102 valence electrons. The van der Waals surface area contributed by atoms with Crippen LogP contribution < -0.4 is 4.74 Å². The second-order valence-corrected chi connectivity index (χ2v) is 3.96. The van der Waals surface area contributed by atoms with Gasteiger partial charge in [0.15, 0.2) is 0 Å². The zero-order chi connectivity index (χ0) is 14.6. The van der Waals surface area contributed by atoms with Gasteiger partial charge in [-0.05, 0) is 35.9 Å². The van der Waals surface area contributed by atoms with Crippen LogP contribution in [0, 0.1) is 11.3 Å². The van der Waals surface area contributed by atoms with E-state index in [1.165, 1.54) is 24.3 Å². The van der Waals surface area contributed by atoms with Gasteiger partial charge in [0.2, 0.25) is 0 Å². The van der Waals surface area contributed by atoms with Gasteiger partial charge >= 0.3 is 6.36 Å². The number of alkyl halides is 3. The number of pyridine rings is 1. The molecule has 6 heteroatoms. The highest BCUT2D eigenvalue weighted by molar-refractivity contribution is 5.60. The molecule has 0 aliphatic rings. The molecule has 0 spiro atoms. The lowest BCUT2D eigenvalue weighted by Gasteiger charge is -2.09. The molecule has 0 N–H and O–H groups in total. The van der Waals surface area contributed by atoms with Gasteiger partial charge in [0.05, 0.1) is 18.2 Å². The van der Waals surface area contributed by atoms with Gasteiger partial charge in [-0.2, -0.15) is 5.26 Å². The van der Waals surface area contributed by atoms with E-state index in [-0.39, 0.29) is 12.2 Å². The monoisotopic (exact) mass is 278 g/mol. The van der Waals surface area contributed by atoms with E-state index in [0.29, 0.717) is 11.3 Å². The Morgan fingerprint density at radius 2 is 1.80 bits per heavy atom. The van der Waals surface area contributed by atoms with E-state index in [1.54, 1.807) is 18.3 Å². The topological polar surface area (TPSA) is 45.9 Å². The second kappa shape index (κ2) is 5.61. The molecule has 0 amide bonds. The lowest BCUT2D eigenvalue weighted by molar-refractivity contribution is -0.274. The van der Waals surface area contributed by atoms with Gasteiger partial charge in [-0.1, -0.05) is 6.07 Å². The van der Waals surface area contributed by atoms with Crippen molar-refractivity contribution in [3.05, 3.63) is 48.2 Å². The van der Waals surface area contributed by atoms with Crippen LogP contribution in [0.25, 0.3) is 11.3 Å². The van der Waals surface area contributed by atoms with Crippen LogP contribution in [0.2, 0.25) is 0 Å². The summed E-state index contributed by atoms with van der Waals surface area (Å²) in [6.45, 7) is 0. The predicted octanol–water partition coefficient (Wildman–Crippen LogP) is 3.71. The van der Waals surface area contributed by atoms with Gasteiger partial charge in [0, 0.05) is 11.8 Å². The van der Waals surface area contributed by atoms with E-state index in [1.807, 2.05) is 6.07 Å². The molecule has 0 aliphatic carbocycles. The predicted molar refractivity (Wildman–Crippen MR) is 65.7 cm³/mol. The largest absolute Gasteiger partial charge is 0.573 e. The van der Waals surface area contributed by atoms with Crippen molar-refractivity contribution >= 4 is 0 Å². The average Bonchev–Trinajstić information content (AvgIpc) is 2.39. The Morgan fingerprint density at radius 1 is 1.10 bits per heavy atom. The molecule has 2 rings (SSSR count). The van der Waals surface area contributed by atoms with Gasteiger partial charge in [-0.25, -0.2) is 0 Å². The van der Waals surface area contributed by atoms with Crippen LogP contribution in [0.5, 0.6) is 5.75 Å². The molecule has 1 aromatic heterocycles. The quantitative estimate of drug-likeness (QED) is 0.859. The third kappa shape index (κ3) is 3.72. The zero-order valence-electron chi connectivity index (χ0n) is 10.2. The van der Waals surface area contributed by atoms with Crippen molar-refractivity contribution in [2.45, 2.75) is 12.8 Å². The number of benzene rings is 1. The Labute approximate surface area is 113 Å². The molecular weight excluding hydrogens is 269 g/mol. The number of aromatic nitrogens is 1. The number of hydrogen-bond donors (Lipinski definition) is 0. The number of halogens is 3. The maximum absolute atomic E-state index is 12.0. The van der Waals surface area contributed by atoms with E-state index in [4.69, 9.17) is 5.26 Å². The number of hydrogen-bond acceptors (Lipinski definition) is 3. The second-order valence-electron chi connectivity index (χ2n) is 3.96. The number of nitrogens with zero attached hydrogens (tertiary/aromatic N) is 2. The van der Waals surface area contributed by atoms with Crippen molar-refractivity contribution in [1.29, 1.82) is 5.26 Å². The standard InChI is InChI=1S/C14H9F3N2O/c15-14(16,17)20-12-4-2-11(3-5-12)13-6-1-10(7-8-18)9-19-13/h1-6,9H,7H2. The van der Waals surface area contributed by atoms with Gasteiger partial charge in [0.25, 0.3) is 0 Å². The van der Waals surface area contributed by atoms with Crippen molar-refractivity contribution in [3.63, 3.8) is 0 Å². The van der Waals surface area contributed by atoms with Gasteiger partial charge in [0.1, 0.15) is 5.75 Å². The molecule has 0 saturated heterocycles. The summed E-state index contributed by atoms with van der Waals surface area (Å²) in [5, 5.41) is 8.55. The summed E-state index contributed by atoms with van der Waals surface area (Å²) in [6, 6.07) is 10.9. The SMILES string of the molecule is N#CCc1ccc(-c2ccc(OC(F)(F)F)cc2)nc1. The first kappa shape index (κ1) is 13.9. The van der Waals surface area contributed by atoms with Crippen LogP contribution in [-0.2, 0) is 6.42 Å². The van der Waals surface area contributed by atoms with Crippen LogP contribution in [0.3, 0.4) is 0 Å². The smallest absolute Gasteiger partial charge is 0.406 e. The van der Waals surface area contributed by atoms with Crippen LogP contribution in [-0.4, -0.2) is 11.3 Å². The first-order valence-electron chi connectivity index (χ1n) is 5.66. The molecule has 0 atom stereocenters. The molecule has 0 bridgehead atoms. The van der Waals surface area contributed by atoms with Crippen molar-refractivity contribution < 1.29 is 17.9 Å². The zero-order valence-corrected chi connectivity index (χ0v) is 10.2. The highest BCUT2D eigenvalue weighted by Gasteiger charge is 2.30. The molecule has 0 aliphatic heterocycles. The third-order valence-electron chi connectivity index (χ3n) is 2.49. The fraction of sp³-hybridized carbons (Fsp3) is 0.143. The Morgan fingerprint density at radius 3 is 2.30 bits per heavy atom. The summed E-state index contributed by atoms with van der Waals surface area (Å²) in [6.07, 6.45) is -2.86. The highest BCUT2D eigenvalue weighted by Crippen LogP contribution is 2.25. The summed E-state index contributed by atoms with van der Waals surface area (Å²) < 4.78 is 39.8.